The summed E-state index contributed by atoms with van der Waals surface area (Å²) in [7, 11) is 0. The molecule has 0 heterocycles. The largest absolute Gasteiger partial charge is 0.290 e. The lowest BCUT2D eigenvalue weighted by atomic mass is 10.0. The van der Waals surface area contributed by atoms with Crippen molar-refractivity contribution in [3.05, 3.63) is 34.2 Å². The van der Waals surface area contributed by atoms with E-state index in [1.54, 1.807) is 0 Å². The molecule has 8 nitrogen and oxygen atoms in total. The third-order valence-electron chi connectivity index (χ3n) is 1.87. The van der Waals surface area contributed by atoms with E-state index in [0.717, 1.165) is 0 Å². The average Bonchev–Trinajstić information content (AvgIpc) is 2.35. The minimum atomic E-state index is -0.797. The second-order valence-electron chi connectivity index (χ2n) is 2.74. The van der Waals surface area contributed by atoms with Gasteiger partial charge in [-0.2, -0.15) is 0 Å². The maximum absolute atomic E-state index is 11.4. The first-order valence-electron chi connectivity index (χ1n) is 4.14. The van der Waals surface area contributed by atoms with Gasteiger partial charge in [0.2, 0.25) is 0 Å². The van der Waals surface area contributed by atoms with Crippen LogP contribution in [0.5, 0.6) is 0 Å². The molecule has 8 heteroatoms. The molecule has 0 unspecified atom stereocenters. The van der Waals surface area contributed by atoms with Gasteiger partial charge in [0.05, 0.1) is 11.1 Å². The molecule has 0 aliphatic rings. The van der Waals surface area contributed by atoms with Crippen LogP contribution in [0.3, 0.4) is 0 Å². The molecule has 84 valence electrons. The summed E-state index contributed by atoms with van der Waals surface area (Å²) >= 11 is 0. The molecule has 1 aromatic carbocycles. The summed E-state index contributed by atoms with van der Waals surface area (Å²) in [6.07, 6.45) is 0. The lowest BCUT2D eigenvalue weighted by Gasteiger charge is -2.07. The SMILES string of the molecule is NNC(=O)c1cccc(N=O)c1C(=O)NN. The Morgan fingerprint density at radius 2 is 1.75 bits per heavy atom. The summed E-state index contributed by atoms with van der Waals surface area (Å²) in [5.74, 6) is 8.35. The van der Waals surface area contributed by atoms with Gasteiger partial charge in [-0.05, 0) is 17.3 Å². The number of amides is 2. The monoisotopic (exact) mass is 223 g/mol. The van der Waals surface area contributed by atoms with Crippen molar-refractivity contribution in [2.75, 3.05) is 0 Å². The first-order valence-corrected chi connectivity index (χ1v) is 4.14. The number of nitrogens with zero attached hydrogens (tertiary/aromatic N) is 1. The van der Waals surface area contributed by atoms with Crippen LogP contribution in [0.4, 0.5) is 5.69 Å². The topological polar surface area (TPSA) is 140 Å². The third-order valence-corrected chi connectivity index (χ3v) is 1.87. The number of rotatable bonds is 3. The van der Waals surface area contributed by atoms with Crippen LogP contribution < -0.4 is 22.5 Å². The molecule has 1 aromatic rings. The Balaban J connectivity index is 3.43. The highest BCUT2D eigenvalue weighted by molar-refractivity contribution is 6.10. The number of nitrogen functional groups attached to an aromatic ring is 2. The summed E-state index contributed by atoms with van der Waals surface area (Å²) in [6, 6.07) is 4.00. The Kier molecular flexibility index (Phi) is 3.64. The third kappa shape index (κ3) is 2.02. The Morgan fingerprint density at radius 3 is 2.25 bits per heavy atom. The maximum Gasteiger partial charge on any atom is 0.268 e. The van der Waals surface area contributed by atoms with E-state index in [1.165, 1.54) is 18.2 Å². The molecule has 0 fully saturated rings. The highest BCUT2D eigenvalue weighted by Crippen LogP contribution is 2.22. The minimum absolute atomic E-state index is 0.0810. The van der Waals surface area contributed by atoms with Crippen LogP contribution in [0.25, 0.3) is 0 Å². The van der Waals surface area contributed by atoms with E-state index < -0.39 is 11.8 Å². The van der Waals surface area contributed by atoms with Crippen molar-refractivity contribution in [3.8, 4) is 0 Å². The molecular weight excluding hydrogens is 214 g/mol. The molecule has 16 heavy (non-hydrogen) atoms. The number of hydrazine groups is 2. The summed E-state index contributed by atoms with van der Waals surface area (Å²) in [6.45, 7) is 0. The Bertz CT molecular complexity index is 445. The van der Waals surface area contributed by atoms with Crippen molar-refractivity contribution < 1.29 is 9.59 Å². The second-order valence-corrected chi connectivity index (χ2v) is 2.74. The van der Waals surface area contributed by atoms with Crippen LogP contribution in [0.1, 0.15) is 20.7 Å². The van der Waals surface area contributed by atoms with Crippen molar-refractivity contribution in [3.63, 3.8) is 0 Å². The Morgan fingerprint density at radius 1 is 1.12 bits per heavy atom. The van der Waals surface area contributed by atoms with E-state index in [0.29, 0.717) is 0 Å². The van der Waals surface area contributed by atoms with E-state index >= 15 is 0 Å². The smallest absolute Gasteiger partial charge is 0.268 e. The minimum Gasteiger partial charge on any atom is -0.290 e. The molecule has 0 saturated heterocycles. The summed E-state index contributed by atoms with van der Waals surface area (Å²) in [5, 5.41) is 2.63. The number of carbonyl (C=O) groups excluding carboxylic acids is 2. The van der Waals surface area contributed by atoms with E-state index in [-0.39, 0.29) is 16.8 Å². The molecule has 0 bridgehead atoms. The zero-order chi connectivity index (χ0) is 12.1. The number of hydrogen-bond donors (Lipinski definition) is 4. The van der Waals surface area contributed by atoms with Gasteiger partial charge in [-0.1, -0.05) is 6.07 Å². The number of carbonyl (C=O) groups is 2. The Labute approximate surface area is 89.9 Å². The van der Waals surface area contributed by atoms with Crippen molar-refractivity contribution in [1.29, 1.82) is 0 Å². The molecule has 1 rings (SSSR count). The molecule has 0 aliphatic heterocycles. The van der Waals surface area contributed by atoms with E-state index in [9.17, 15) is 14.5 Å². The van der Waals surface area contributed by atoms with Crippen LogP contribution in [0.2, 0.25) is 0 Å². The second kappa shape index (κ2) is 4.96. The Hall–Kier alpha value is -2.32. The molecule has 0 spiro atoms. The molecule has 0 atom stereocenters. The summed E-state index contributed by atoms with van der Waals surface area (Å²) in [5.41, 5.74) is 3.17. The predicted molar refractivity (Wildman–Crippen MR) is 55.2 cm³/mol. The summed E-state index contributed by atoms with van der Waals surface area (Å²) < 4.78 is 0. The zero-order valence-corrected chi connectivity index (χ0v) is 8.06. The highest BCUT2D eigenvalue weighted by atomic mass is 16.3. The fourth-order valence-corrected chi connectivity index (χ4v) is 1.19. The standard InChI is InChI=1S/C8H9N5O3/c9-11-7(14)4-2-1-3-5(13-16)6(4)8(15)12-10/h1-3H,9-10H2,(H,11,14)(H,12,15). The summed E-state index contributed by atoms with van der Waals surface area (Å²) in [4.78, 5) is 33.2. The molecule has 2 amide bonds. The van der Waals surface area contributed by atoms with E-state index in [1.807, 2.05) is 10.9 Å². The van der Waals surface area contributed by atoms with Crippen LogP contribution >= 0.6 is 0 Å². The van der Waals surface area contributed by atoms with Crippen LogP contribution in [0, 0.1) is 4.91 Å². The van der Waals surface area contributed by atoms with Gasteiger partial charge < -0.3 is 0 Å². The first-order chi connectivity index (χ1) is 7.65. The van der Waals surface area contributed by atoms with Crippen molar-refractivity contribution in [2.45, 2.75) is 0 Å². The van der Waals surface area contributed by atoms with Crippen molar-refractivity contribution in [2.24, 2.45) is 16.9 Å². The van der Waals surface area contributed by atoms with Gasteiger partial charge in [-0.15, -0.1) is 4.91 Å². The molecule has 0 radical (unpaired) electrons. The van der Waals surface area contributed by atoms with Gasteiger partial charge in [0.15, 0.2) is 0 Å². The van der Waals surface area contributed by atoms with Gasteiger partial charge in [0.25, 0.3) is 11.8 Å². The quantitative estimate of drug-likeness (QED) is 0.232. The lowest BCUT2D eigenvalue weighted by molar-refractivity contribution is 0.0920. The van der Waals surface area contributed by atoms with E-state index in [4.69, 9.17) is 11.7 Å². The maximum atomic E-state index is 11.4. The van der Waals surface area contributed by atoms with Crippen LogP contribution in [-0.4, -0.2) is 11.8 Å². The number of nitroso groups, excluding NO2 is 1. The van der Waals surface area contributed by atoms with Gasteiger partial charge >= 0.3 is 0 Å². The fraction of sp³-hybridized carbons (Fsp3) is 0. The number of nitrogens with two attached hydrogens (primary N) is 2. The van der Waals surface area contributed by atoms with Gasteiger partial charge in [0, 0.05) is 0 Å². The predicted octanol–water partition coefficient (Wildman–Crippen LogP) is -0.709. The fourth-order valence-electron chi connectivity index (χ4n) is 1.19. The molecule has 0 saturated carbocycles. The normalized spacial score (nSPS) is 9.38. The first kappa shape index (κ1) is 11.8. The zero-order valence-electron chi connectivity index (χ0n) is 8.06. The van der Waals surface area contributed by atoms with Gasteiger partial charge in [-0.3, -0.25) is 20.4 Å². The lowest BCUT2D eigenvalue weighted by Crippen LogP contribution is -2.35. The number of nitrogens with one attached hydrogen (secondary N) is 2. The highest BCUT2D eigenvalue weighted by Gasteiger charge is 2.20. The van der Waals surface area contributed by atoms with Crippen molar-refractivity contribution >= 4 is 17.5 Å². The van der Waals surface area contributed by atoms with Crippen LogP contribution in [-0.2, 0) is 0 Å². The van der Waals surface area contributed by atoms with Crippen LogP contribution in [0.15, 0.2) is 23.4 Å². The number of hydrogen-bond acceptors (Lipinski definition) is 6. The molecule has 0 aliphatic carbocycles. The van der Waals surface area contributed by atoms with Crippen molar-refractivity contribution in [1.82, 2.24) is 10.9 Å². The molecule has 0 aromatic heterocycles. The van der Waals surface area contributed by atoms with E-state index in [2.05, 4.69) is 5.18 Å². The van der Waals surface area contributed by atoms with Gasteiger partial charge in [0.1, 0.15) is 5.69 Å². The van der Waals surface area contributed by atoms with Gasteiger partial charge in [-0.25, -0.2) is 11.7 Å². The molecular formula is C8H9N5O3. The molecule has 6 N–H and O–H groups in total. The number of benzene rings is 1. The average molecular weight is 223 g/mol.